The van der Waals surface area contributed by atoms with Crippen molar-refractivity contribution in [2.75, 3.05) is 13.2 Å². The van der Waals surface area contributed by atoms with E-state index < -0.39 is 12.1 Å². The Hall–Kier alpha value is -0.610. The van der Waals surface area contributed by atoms with E-state index in [1.807, 2.05) is 0 Å². The molecule has 0 aromatic carbocycles. The summed E-state index contributed by atoms with van der Waals surface area (Å²) in [5.74, 6) is -0.935. The number of ether oxygens (including phenoxy) is 2. The van der Waals surface area contributed by atoms with Crippen LogP contribution in [0, 0.1) is 0 Å². The summed E-state index contributed by atoms with van der Waals surface area (Å²) in [5, 5.41) is 8.88. The molecule has 0 aromatic rings. The number of carboxylic acid groups (broad SMARTS) is 1. The van der Waals surface area contributed by atoms with Gasteiger partial charge in [0.25, 0.3) is 0 Å². The first-order chi connectivity index (χ1) is 7.74. The maximum atomic E-state index is 10.8. The van der Waals surface area contributed by atoms with Crippen LogP contribution in [0.4, 0.5) is 0 Å². The molecule has 1 aliphatic rings. The molecule has 0 radical (unpaired) electrons. The van der Waals surface area contributed by atoms with Crippen molar-refractivity contribution in [1.29, 1.82) is 0 Å². The maximum absolute atomic E-state index is 10.8. The molecule has 4 heteroatoms. The number of aliphatic carboxylic acids is 1. The van der Waals surface area contributed by atoms with Gasteiger partial charge in [-0.05, 0) is 19.8 Å². The molecule has 1 rings (SSSR count). The van der Waals surface area contributed by atoms with E-state index in [4.69, 9.17) is 14.6 Å². The minimum Gasteiger partial charge on any atom is -0.479 e. The Morgan fingerprint density at radius 2 is 1.94 bits per heavy atom. The van der Waals surface area contributed by atoms with Gasteiger partial charge < -0.3 is 14.6 Å². The normalized spacial score (nSPS) is 20.3. The van der Waals surface area contributed by atoms with Gasteiger partial charge in [0.15, 0.2) is 6.10 Å². The lowest BCUT2D eigenvalue weighted by atomic mass is 10.1. The van der Waals surface area contributed by atoms with Crippen molar-refractivity contribution in [3.63, 3.8) is 0 Å². The summed E-state index contributed by atoms with van der Waals surface area (Å²) in [6.45, 7) is 2.38. The van der Waals surface area contributed by atoms with Gasteiger partial charge in [-0.3, -0.25) is 0 Å². The van der Waals surface area contributed by atoms with Crippen molar-refractivity contribution in [3.05, 3.63) is 0 Å². The molecule has 16 heavy (non-hydrogen) atoms. The van der Waals surface area contributed by atoms with Gasteiger partial charge in [0.2, 0.25) is 0 Å². The molecule has 1 N–H and O–H groups in total. The summed E-state index contributed by atoms with van der Waals surface area (Å²) in [6.07, 6.45) is 6.45. The molecule has 0 bridgehead atoms. The van der Waals surface area contributed by atoms with Crippen molar-refractivity contribution >= 4 is 5.97 Å². The second kappa shape index (κ2) is 7.63. The van der Waals surface area contributed by atoms with Crippen LogP contribution in [0.3, 0.4) is 0 Å². The van der Waals surface area contributed by atoms with Gasteiger partial charge in [0.1, 0.15) is 0 Å². The lowest BCUT2D eigenvalue weighted by Crippen LogP contribution is -2.31. The van der Waals surface area contributed by atoms with Crippen LogP contribution in [0.15, 0.2) is 0 Å². The highest BCUT2D eigenvalue weighted by atomic mass is 16.6. The summed E-state index contributed by atoms with van der Waals surface area (Å²) < 4.78 is 10.7. The highest BCUT2D eigenvalue weighted by molar-refractivity contribution is 5.72. The van der Waals surface area contributed by atoms with Crippen molar-refractivity contribution < 1.29 is 19.4 Å². The summed E-state index contributed by atoms with van der Waals surface area (Å²) in [5.41, 5.74) is 0. The predicted octanol–water partition coefficient (Wildman–Crippen LogP) is 2.22. The molecular formula is C12H22O4. The second-order valence-electron chi connectivity index (χ2n) is 4.23. The van der Waals surface area contributed by atoms with Crippen LogP contribution in [0.1, 0.15) is 45.4 Å². The Bertz CT molecular complexity index is 197. The fourth-order valence-corrected chi connectivity index (χ4v) is 2.02. The van der Waals surface area contributed by atoms with Gasteiger partial charge in [-0.25, -0.2) is 4.79 Å². The zero-order valence-electron chi connectivity index (χ0n) is 9.98. The molecule has 4 nitrogen and oxygen atoms in total. The highest BCUT2D eigenvalue weighted by Crippen LogP contribution is 2.20. The fourth-order valence-electron chi connectivity index (χ4n) is 2.02. The van der Waals surface area contributed by atoms with E-state index in [1.165, 1.54) is 25.7 Å². The molecule has 0 spiro atoms. The molecule has 1 atom stereocenters. The van der Waals surface area contributed by atoms with Crippen LogP contribution in [0.2, 0.25) is 0 Å². The summed E-state index contributed by atoms with van der Waals surface area (Å²) in [6, 6.07) is 0. The molecule has 0 aromatic heterocycles. The number of hydrogen-bond acceptors (Lipinski definition) is 3. The third kappa shape index (κ3) is 4.94. The molecule has 94 valence electrons. The van der Waals surface area contributed by atoms with E-state index in [0.29, 0.717) is 6.61 Å². The fraction of sp³-hybridized carbons (Fsp3) is 0.917. The van der Waals surface area contributed by atoms with Gasteiger partial charge in [0.05, 0.1) is 12.7 Å². The third-order valence-electron chi connectivity index (χ3n) is 2.93. The number of rotatable bonds is 6. The Balaban J connectivity index is 2.26. The Labute approximate surface area is 96.9 Å². The molecule has 0 heterocycles. The molecule has 0 saturated heterocycles. The zero-order chi connectivity index (χ0) is 11.8. The van der Waals surface area contributed by atoms with Crippen molar-refractivity contribution in [3.8, 4) is 0 Å². The molecule has 0 aliphatic heterocycles. The van der Waals surface area contributed by atoms with Crippen molar-refractivity contribution in [2.24, 2.45) is 0 Å². The monoisotopic (exact) mass is 230 g/mol. The Kier molecular flexibility index (Phi) is 6.42. The van der Waals surface area contributed by atoms with Gasteiger partial charge in [-0.2, -0.15) is 0 Å². The summed E-state index contributed by atoms with van der Waals surface area (Å²) in [4.78, 5) is 10.8. The first-order valence-corrected chi connectivity index (χ1v) is 6.20. The third-order valence-corrected chi connectivity index (χ3v) is 2.93. The van der Waals surface area contributed by atoms with Gasteiger partial charge in [-0.1, -0.05) is 25.7 Å². The van der Waals surface area contributed by atoms with Crippen molar-refractivity contribution in [2.45, 2.75) is 57.7 Å². The van der Waals surface area contributed by atoms with E-state index in [-0.39, 0.29) is 12.7 Å². The Morgan fingerprint density at radius 1 is 1.31 bits per heavy atom. The van der Waals surface area contributed by atoms with Crippen LogP contribution in [0.25, 0.3) is 0 Å². The molecular weight excluding hydrogens is 208 g/mol. The lowest BCUT2D eigenvalue weighted by Gasteiger charge is -2.18. The average Bonchev–Trinajstić information content (AvgIpc) is 2.52. The van der Waals surface area contributed by atoms with Crippen LogP contribution < -0.4 is 0 Å². The van der Waals surface area contributed by atoms with E-state index in [2.05, 4.69) is 0 Å². The largest absolute Gasteiger partial charge is 0.479 e. The van der Waals surface area contributed by atoms with Gasteiger partial charge >= 0.3 is 5.97 Å². The standard InChI is InChI=1S/C12H22O4/c1-2-15-11(12(13)14)9-16-10-7-5-3-4-6-8-10/h10-11H,2-9H2,1H3,(H,13,14). The molecule has 0 amide bonds. The van der Waals surface area contributed by atoms with E-state index >= 15 is 0 Å². The summed E-state index contributed by atoms with van der Waals surface area (Å²) >= 11 is 0. The molecule has 1 unspecified atom stereocenters. The Morgan fingerprint density at radius 3 is 2.44 bits per heavy atom. The SMILES string of the molecule is CCOC(COC1CCCCCC1)C(=O)O. The summed E-state index contributed by atoms with van der Waals surface area (Å²) in [7, 11) is 0. The predicted molar refractivity (Wildman–Crippen MR) is 60.5 cm³/mol. The first-order valence-electron chi connectivity index (χ1n) is 6.20. The smallest absolute Gasteiger partial charge is 0.335 e. The minimum atomic E-state index is -0.935. The number of carbonyl (C=O) groups is 1. The van der Waals surface area contributed by atoms with Gasteiger partial charge in [0, 0.05) is 6.61 Å². The van der Waals surface area contributed by atoms with Crippen LogP contribution in [-0.4, -0.2) is 36.5 Å². The van der Waals surface area contributed by atoms with Gasteiger partial charge in [-0.15, -0.1) is 0 Å². The first kappa shape index (κ1) is 13.5. The van der Waals surface area contributed by atoms with E-state index in [1.54, 1.807) is 6.92 Å². The molecule has 1 fully saturated rings. The molecule has 1 aliphatic carbocycles. The second-order valence-corrected chi connectivity index (χ2v) is 4.23. The van der Waals surface area contributed by atoms with Crippen molar-refractivity contribution in [1.82, 2.24) is 0 Å². The maximum Gasteiger partial charge on any atom is 0.335 e. The van der Waals surface area contributed by atoms with Crippen LogP contribution in [0.5, 0.6) is 0 Å². The zero-order valence-corrected chi connectivity index (χ0v) is 9.98. The minimum absolute atomic E-state index is 0.174. The molecule has 1 saturated carbocycles. The number of carboxylic acids is 1. The average molecular weight is 230 g/mol. The van der Waals surface area contributed by atoms with E-state index in [9.17, 15) is 4.79 Å². The number of hydrogen-bond donors (Lipinski definition) is 1. The quantitative estimate of drug-likeness (QED) is 0.711. The lowest BCUT2D eigenvalue weighted by molar-refractivity contribution is -0.156. The van der Waals surface area contributed by atoms with E-state index in [0.717, 1.165) is 12.8 Å². The topological polar surface area (TPSA) is 55.8 Å². The van der Waals surface area contributed by atoms with Crippen LogP contribution in [-0.2, 0) is 14.3 Å². The highest BCUT2D eigenvalue weighted by Gasteiger charge is 2.20. The van der Waals surface area contributed by atoms with Crippen LogP contribution >= 0.6 is 0 Å².